The van der Waals surface area contributed by atoms with Crippen molar-refractivity contribution >= 4 is 28.0 Å². The molecule has 0 amide bonds. The lowest BCUT2D eigenvalue weighted by Crippen LogP contribution is -2.03. The molecule has 0 unspecified atom stereocenters. The van der Waals surface area contributed by atoms with E-state index < -0.39 is 5.97 Å². The molecule has 0 saturated heterocycles. The molecule has 2 rings (SSSR count). The van der Waals surface area contributed by atoms with Crippen molar-refractivity contribution in [2.45, 2.75) is 6.61 Å². The van der Waals surface area contributed by atoms with Gasteiger partial charge in [0.1, 0.15) is 23.9 Å². The summed E-state index contributed by atoms with van der Waals surface area (Å²) in [6.07, 6.45) is 4.38. The Kier molecular flexibility index (Phi) is 5.66. The monoisotopic (exact) mass is 366 g/mol. The van der Waals surface area contributed by atoms with Crippen LogP contribution in [0.2, 0.25) is 0 Å². The minimum absolute atomic E-state index is 0.0775. The molecule has 116 valence electrons. The third-order valence-corrected chi connectivity index (χ3v) is 3.47. The highest BCUT2D eigenvalue weighted by atomic mass is 79.9. The van der Waals surface area contributed by atoms with Gasteiger partial charge in [0.25, 0.3) is 0 Å². The lowest BCUT2D eigenvalue weighted by Gasteiger charge is -2.12. The maximum atomic E-state index is 11.7. The van der Waals surface area contributed by atoms with Crippen molar-refractivity contribution in [1.29, 1.82) is 0 Å². The molecule has 0 aliphatic heterocycles. The average Bonchev–Trinajstić information content (AvgIpc) is 3.04. The predicted octanol–water partition coefficient (Wildman–Crippen LogP) is 3.82. The molecule has 0 atom stereocenters. The molecular weight excluding hydrogens is 352 g/mol. The molecule has 0 aliphatic carbocycles. The number of hydrogen-bond acceptors (Lipinski definition) is 5. The van der Waals surface area contributed by atoms with Gasteiger partial charge in [-0.05, 0) is 46.3 Å². The second-order valence-corrected chi connectivity index (χ2v) is 5.11. The molecule has 0 spiro atoms. The molecule has 1 aromatic heterocycles. The summed E-state index contributed by atoms with van der Waals surface area (Å²) in [5.74, 6) is 1.36. The first-order valence-electron chi connectivity index (χ1n) is 6.42. The Balaban J connectivity index is 2.02. The maximum absolute atomic E-state index is 11.7. The van der Waals surface area contributed by atoms with Crippen LogP contribution in [-0.2, 0) is 16.1 Å². The summed E-state index contributed by atoms with van der Waals surface area (Å²) in [5, 5.41) is 0. The van der Waals surface area contributed by atoms with E-state index in [1.54, 1.807) is 44.6 Å². The molecule has 0 saturated carbocycles. The van der Waals surface area contributed by atoms with E-state index in [1.165, 1.54) is 12.3 Å². The third kappa shape index (κ3) is 4.14. The van der Waals surface area contributed by atoms with Gasteiger partial charge in [-0.25, -0.2) is 4.79 Å². The molecule has 0 radical (unpaired) electrons. The molecule has 0 N–H and O–H groups in total. The SMILES string of the molecule is COc1cc(COC(=O)/C=C/c2ccco2)c(OC)cc1Br. The number of methoxy groups -OCH3 is 2. The van der Waals surface area contributed by atoms with E-state index in [2.05, 4.69) is 15.9 Å². The van der Waals surface area contributed by atoms with Crippen LogP contribution >= 0.6 is 15.9 Å². The van der Waals surface area contributed by atoms with Gasteiger partial charge < -0.3 is 18.6 Å². The van der Waals surface area contributed by atoms with Crippen LogP contribution in [-0.4, -0.2) is 20.2 Å². The zero-order valence-electron chi connectivity index (χ0n) is 12.2. The summed E-state index contributed by atoms with van der Waals surface area (Å²) >= 11 is 3.37. The summed E-state index contributed by atoms with van der Waals surface area (Å²) in [6, 6.07) is 7.00. The third-order valence-electron chi connectivity index (χ3n) is 2.85. The van der Waals surface area contributed by atoms with Crippen LogP contribution in [0.4, 0.5) is 0 Å². The lowest BCUT2D eigenvalue weighted by molar-refractivity contribution is -0.138. The van der Waals surface area contributed by atoms with Gasteiger partial charge in [-0.15, -0.1) is 0 Å². The van der Waals surface area contributed by atoms with E-state index in [0.717, 1.165) is 4.47 Å². The highest BCUT2D eigenvalue weighted by Gasteiger charge is 2.11. The normalized spacial score (nSPS) is 10.7. The fraction of sp³-hybridized carbons (Fsp3) is 0.188. The van der Waals surface area contributed by atoms with Gasteiger partial charge in [-0.3, -0.25) is 0 Å². The van der Waals surface area contributed by atoms with Crippen molar-refractivity contribution in [2.75, 3.05) is 14.2 Å². The zero-order valence-corrected chi connectivity index (χ0v) is 13.8. The first kappa shape index (κ1) is 16.2. The van der Waals surface area contributed by atoms with Crippen LogP contribution in [0.1, 0.15) is 11.3 Å². The maximum Gasteiger partial charge on any atom is 0.331 e. The van der Waals surface area contributed by atoms with E-state index in [9.17, 15) is 4.79 Å². The first-order valence-corrected chi connectivity index (χ1v) is 7.22. The van der Waals surface area contributed by atoms with Crippen molar-refractivity contribution in [2.24, 2.45) is 0 Å². The van der Waals surface area contributed by atoms with E-state index >= 15 is 0 Å². The summed E-state index contributed by atoms with van der Waals surface area (Å²) in [4.78, 5) is 11.7. The van der Waals surface area contributed by atoms with Crippen LogP contribution in [0.15, 0.2) is 45.5 Å². The van der Waals surface area contributed by atoms with Gasteiger partial charge in [0.2, 0.25) is 0 Å². The van der Waals surface area contributed by atoms with Crippen LogP contribution in [0.5, 0.6) is 11.5 Å². The number of hydrogen-bond donors (Lipinski definition) is 0. The number of ether oxygens (including phenoxy) is 3. The quantitative estimate of drug-likeness (QED) is 0.574. The van der Waals surface area contributed by atoms with E-state index in [0.29, 0.717) is 22.8 Å². The van der Waals surface area contributed by atoms with Crippen LogP contribution in [0.25, 0.3) is 6.08 Å². The van der Waals surface area contributed by atoms with E-state index in [-0.39, 0.29) is 6.61 Å². The van der Waals surface area contributed by atoms with Crippen molar-refractivity contribution in [1.82, 2.24) is 0 Å². The molecule has 0 bridgehead atoms. The van der Waals surface area contributed by atoms with Gasteiger partial charge in [0.05, 0.1) is 25.0 Å². The summed E-state index contributed by atoms with van der Waals surface area (Å²) in [6.45, 7) is 0.0775. The van der Waals surface area contributed by atoms with Crippen molar-refractivity contribution in [3.8, 4) is 11.5 Å². The lowest BCUT2D eigenvalue weighted by atomic mass is 10.2. The van der Waals surface area contributed by atoms with E-state index in [4.69, 9.17) is 18.6 Å². The Hall–Kier alpha value is -2.21. The number of carbonyl (C=O) groups is 1. The van der Waals surface area contributed by atoms with Gasteiger partial charge in [0.15, 0.2) is 0 Å². The number of halogens is 1. The Morgan fingerprint density at radius 1 is 1.27 bits per heavy atom. The molecule has 6 heteroatoms. The predicted molar refractivity (Wildman–Crippen MR) is 84.8 cm³/mol. The van der Waals surface area contributed by atoms with Crippen molar-refractivity contribution in [3.05, 3.63) is 52.4 Å². The Morgan fingerprint density at radius 2 is 2.05 bits per heavy atom. The van der Waals surface area contributed by atoms with Crippen molar-refractivity contribution in [3.63, 3.8) is 0 Å². The van der Waals surface area contributed by atoms with Gasteiger partial charge >= 0.3 is 5.97 Å². The number of carbonyl (C=O) groups excluding carboxylic acids is 1. The zero-order chi connectivity index (χ0) is 15.9. The highest BCUT2D eigenvalue weighted by Crippen LogP contribution is 2.33. The summed E-state index contributed by atoms with van der Waals surface area (Å²) in [7, 11) is 3.12. The summed E-state index contributed by atoms with van der Waals surface area (Å²) < 4.78 is 21.5. The first-order chi connectivity index (χ1) is 10.6. The van der Waals surface area contributed by atoms with Crippen LogP contribution < -0.4 is 9.47 Å². The molecule has 2 aromatic rings. The fourth-order valence-corrected chi connectivity index (χ4v) is 2.25. The number of rotatable bonds is 6. The molecule has 1 heterocycles. The van der Waals surface area contributed by atoms with Crippen molar-refractivity contribution < 1.29 is 23.4 Å². The topological polar surface area (TPSA) is 57.9 Å². The number of esters is 1. The Morgan fingerprint density at radius 3 is 2.68 bits per heavy atom. The van der Waals surface area contributed by atoms with Crippen LogP contribution in [0, 0.1) is 0 Å². The Bertz CT molecular complexity index is 661. The van der Waals surface area contributed by atoms with Gasteiger partial charge in [0, 0.05) is 11.6 Å². The standard InChI is InChI=1S/C16H15BrO5/c1-19-14-9-13(17)15(20-2)8-11(14)10-22-16(18)6-5-12-4-3-7-21-12/h3-9H,10H2,1-2H3/b6-5+. The van der Waals surface area contributed by atoms with Crippen LogP contribution in [0.3, 0.4) is 0 Å². The largest absolute Gasteiger partial charge is 0.496 e. The molecule has 1 aromatic carbocycles. The van der Waals surface area contributed by atoms with Gasteiger partial charge in [-0.2, -0.15) is 0 Å². The minimum atomic E-state index is -0.472. The fourth-order valence-electron chi connectivity index (χ4n) is 1.77. The minimum Gasteiger partial charge on any atom is -0.496 e. The second kappa shape index (κ2) is 7.70. The number of benzene rings is 1. The second-order valence-electron chi connectivity index (χ2n) is 4.26. The average molecular weight is 367 g/mol. The molecule has 0 fully saturated rings. The molecule has 0 aliphatic rings. The smallest absolute Gasteiger partial charge is 0.331 e. The molecule has 5 nitrogen and oxygen atoms in total. The molecule has 22 heavy (non-hydrogen) atoms. The highest BCUT2D eigenvalue weighted by molar-refractivity contribution is 9.10. The Labute approximate surface area is 136 Å². The van der Waals surface area contributed by atoms with E-state index in [1.807, 2.05) is 0 Å². The van der Waals surface area contributed by atoms with Gasteiger partial charge in [-0.1, -0.05) is 0 Å². The molecular formula is C16H15BrO5. The number of furan rings is 1. The summed E-state index contributed by atoms with van der Waals surface area (Å²) in [5.41, 5.74) is 0.710.